The number of rotatable bonds is 10. The number of aryl methyl sites for hydroxylation is 1. The molecule has 0 aromatic heterocycles. The van der Waals surface area contributed by atoms with Gasteiger partial charge < -0.3 is 19.7 Å². The molecule has 0 saturated carbocycles. The van der Waals surface area contributed by atoms with Crippen molar-refractivity contribution in [1.82, 2.24) is 0 Å². The first kappa shape index (κ1) is 23.6. The standard InChI is InChI=1S/C24H30O6/c1-4-17-10-9-13-19(14-17)23(27)30-21(16-24(3,28)15-20(25)5-2)29-22(26)18-11-7-6-8-12-18/h6-14,20-21,25,28H,4-5,15-16H2,1-3H3. The first-order valence-corrected chi connectivity index (χ1v) is 10.2. The van der Waals surface area contributed by atoms with E-state index in [9.17, 15) is 19.8 Å². The van der Waals surface area contributed by atoms with E-state index in [4.69, 9.17) is 9.47 Å². The largest absolute Gasteiger partial charge is 0.421 e. The first-order chi connectivity index (χ1) is 14.2. The second kappa shape index (κ2) is 10.9. The van der Waals surface area contributed by atoms with Gasteiger partial charge in [0.15, 0.2) is 0 Å². The highest BCUT2D eigenvalue weighted by atomic mass is 16.7. The smallest absolute Gasteiger partial charge is 0.341 e. The zero-order valence-corrected chi connectivity index (χ0v) is 17.7. The molecule has 0 saturated heterocycles. The lowest BCUT2D eigenvalue weighted by atomic mass is 9.93. The number of aliphatic hydroxyl groups excluding tert-OH is 1. The summed E-state index contributed by atoms with van der Waals surface area (Å²) in [7, 11) is 0. The molecular formula is C24H30O6. The predicted molar refractivity (Wildman–Crippen MR) is 113 cm³/mol. The van der Waals surface area contributed by atoms with Gasteiger partial charge in [0, 0.05) is 6.42 Å². The van der Waals surface area contributed by atoms with Gasteiger partial charge >= 0.3 is 11.9 Å². The quantitative estimate of drug-likeness (QED) is 0.453. The molecule has 0 radical (unpaired) electrons. The van der Waals surface area contributed by atoms with E-state index in [0.29, 0.717) is 17.5 Å². The van der Waals surface area contributed by atoms with Crippen LogP contribution in [-0.4, -0.2) is 40.1 Å². The van der Waals surface area contributed by atoms with Crippen molar-refractivity contribution in [3.8, 4) is 0 Å². The summed E-state index contributed by atoms with van der Waals surface area (Å²) in [5.41, 5.74) is 0.214. The highest BCUT2D eigenvalue weighted by Gasteiger charge is 2.32. The molecule has 2 N–H and O–H groups in total. The Bertz CT molecular complexity index is 831. The molecule has 3 atom stereocenters. The summed E-state index contributed by atoms with van der Waals surface area (Å²) in [5.74, 6) is -1.31. The van der Waals surface area contributed by atoms with Gasteiger partial charge in [-0.2, -0.15) is 0 Å². The maximum absolute atomic E-state index is 12.7. The fraction of sp³-hybridized carbons (Fsp3) is 0.417. The van der Waals surface area contributed by atoms with Gasteiger partial charge in [-0.25, -0.2) is 9.59 Å². The maximum Gasteiger partial charge on any atom is 0.341 e. The average Bonchev–Trinajstić information content (AvgIpc) is 2.73. The fourth-order valence-electron chi connectivity index (χ4n) is 3.07. The van der Waals surface area contributed by atoms with Crippen LogP contribution in [0.1, 0.15) is 66.3 Å². The van der Waals surface area contributed by atoms with Gasteiger partial charge in [-0.3, -0.25) is 0 Å². The van der Waals surface area contributed by atoms with Crippen LogP contribution in [0.5, 0.6) is 0 Å². The summed E-state index contributed by atoms with van der Waals surface area (Å²) < 4.78 is 10.9. The summed E-state index contributed by atoms with van der Waals surface area (Å²) >= 11 is 0. The topological polar surface area (TPSA) is 93.1 Å². The molecule has 6 nitrogen and oxygen atoms in total. The zero-order valence-electron chi connectivity index (χ0n) is 17.7. The summed E-state index contributed by atoms with van der Waals surface area (Å²) in [6.07, 6.45) is -0.907. The highest BCUT2D eigenvalue weighted by molar-refractivity contribution is 5.91. The van der Waals surface area contributed by atoms with Crippen LogP contribution in [0.15, 0.2) is 54.6 Å². The van der Waals surface area contributed by atoms with E-state index >= 15 is 0 Å². The van der Waals surface area contributed by atoms with Crippen LogP contribution in [0.4, 0.5) is 0 Å². The van der Waals surface area contributed by atoms with Crippen LogP contribution in [0.3, 0.4) is 0 Å². The van der Waals surface area contributed by atoms with E-state index in [0.717, 1.165) is 12.0 Å². The van der Waals surface area contributed by atoms with E-state index in [1.54, 1.807) is 55.5 Å². The molecular weight excluding hydrogens is 384 g/mol. The molecule has 0 spiro atoms. The van der Waals surface area contributed by atoms with E-state index in [2.05, 4.69) is 0 Å². The Morgan fingerprint density at radius 2 is 1.53 bits per heavy atom. The minimum atomic E-state index is -1.40. The van der Waals surface area contributed by atoms with Crippen molar-refractivity contribution in [3.63, 3.8) is 0 Å². The molecule has 2 aromatic rings. The number of hydrogen-bond donors (Lipinski definition) is 2. The number of carbonyl (C=O) groups excluding carboxylic acids is 2. The average molecular weight is 414 g/mol. The summed E-state index contributed by atoms with van der Waals surface area (Å²) in [5, 5.41) is 20.6. The Kier molecular flexibility index (Phi) is 8.57. The van der Waals surface area contributed by atoms with E-state index < -0.39 is 29.9 Å². The Balaban J connectivity index is 2.18. The number of benzene rings is 2. The lowest BCUT2D eigenvalue weighted by Gasteiger charge is -2.29. The first-order valence-electron chi connectivity index (χ1n) is 10.2. The molecule has 6 heteroatoms. The van der Waals surface area contributed by atoms with Crippen LogP contribution in [0.2, 0.25) is 0 Å². The molecule has 0 aliphatic heterocycles. The van der Waals surface area contributed by atoms with Crippen LogP contribution in [0.25, 0.3) is 0 Å². The van der Waals surface area contributed by atoms with Gasteiger partial charge in [0.1, 0.15) is 0 Å². The molecule has 2 aromatic carbocycles. The zero-order chi connectivity index (χ0) is 22.1. The van der Waals surface area contributed by atoms with E-state index in [1.807, 2.05) is 13.0 Å². The third-order valence-corrected chi connectivity index (χ3v) is 4.81. The second-order valence-electron chi connectivity index (χ2n) is 7.63. The Morgan fingerprint density at radius 1 is 0.933 bits per heavy atom. The molecule has 2 rings (SSSR count). The van der Waals surface area contributed by atoms with Crippen molar-refractivity contribution in [2.75, 3.05) is 0 Å². The van der Waals surface area contributed by atoms with Gasteiger partial charge in [-0.1, -0.05) is 44.2 Å². The number of hydrogen-bond acceptors (Lipinski definition) is 6. The third-order valence-electron chi connectivity index (χ3n) is 4.81. The SMILES string of the molecule is CCc1cccc(C(=O)OC(CC(C)(O)CC(O)CC)OC(=O)c2ccccc2)c1. The van der Waals surface area contributed by atoms with Crippen molar-refractivity contribution in [2.45, 2.75) is 64.4 Å². The number of carbonyl (C=O) groups is 2. The number of ether oxygens (including phenoxy) is 2. The van der Waals surface area contributed by atoms with Crippen molar-refractivity contribution in [3.05, 3.63) is 71.3 Å². The predicted octanol–water partition coefficient (Wildman–Crippen LogP) is 3.89. The van der Waals surface area contributed by atoms with Crippen LogP contribution >= 0.6 is 0 Å². The van der Waals surface area contributed by atoms with Crippen LogP contribution < -0.4 is 0 Å². The van der Waals surface area contributed by atoms with Gasteiger partial charge in [-0.05, 0) is 49.6 Å². The molecule has 0 heterocycles. The minimum Gasteiger partial charge on any atom is -0.421 e. The molecule has 0 amide bonds. The Morgan fingerprint density at radius 3 is 2.13 bits per heavy atom. The minimum absolute atomic E-state index is 0.0613. The normalized spacial score (nSPS) is 15.0. The molecule has 30 heavy (non-hydrogen) atoms. The van der Waals surface area contributed by atoms with Gasteiger partial charge in [0.25, 0.3) is 6.29 Å². The molecule has 162 valence electrons. The van der Waals surface area contributed by atoms with Crippen molar-refractivity contribution >= 4 is 11.9 Å². The monoisotopic (exact) mass is 414 g/mol. The highest BCUT2D eigenvalue weighted by Crippen LogP contribution is 2.24. The summed E-state index contributed by atoms with van der Waals surface area (Å²) in [6.45, 7) is 5.29. The second-order valence-corrected chi connectivity index (χ2v) is 7.63. The molecule has 0 fully saturated rings. The Hall–Kier alpha value is -2.70. The van der Waals surface area contributed by atoms with Crippen molar-refractivity contribution < 1.29 is 29.3 Å². The number of esters is 2. The molecule has 0 aliphatic rings. The van der Waals surface area contributed by atoms with Crippen LogP contribution in [-0.2, 0) is 15.9 Å². The fourth-order valence-corrected chi connectivity index (χ4v) is 3.07. The van der Waals surface area contributed by atoms with Crippen molar-refractivity contribution in [1.29, 1.82) is 0 Å². The summed E-state index contributed by atoms with van der Waals surface area (Å²) in [6, 6.07) is 15.3. The summed E-state index contributed by atoms with van der Waals surface area (Å²) in [4.78, 5) is 25.2. The molecule has 0 aliphatic carbocycles. The molecule has 0 bridgehead atoms. The van der Waals surface area contributed by atoms with Gasteiger partial charge in [0.2, 0.25) is 0 Å². The maximum atomic E-state index is 12.7. The van der Waals surface area contributed by atoms with E-state index in [-0.39, 0.29) is 12.8 Å². The third kappa shape index (κ3) is 7.28. The lowest BCUT2D eigenvalue weighted by molar-refractivity contribution is -0.122. The number of aliphatic hydroxyl groups is 2. The van der Waals surface area contributed by atoms with Gasteiger partial charge in [0.05, 0.1) is 29.3 Å². The van der Waals surface area contributed by atoms with Crippen molar-refractivity contribution in [2.24, 2.45) is 0 Å². The van der Waals surface area contributed by atoms with Crippen LogP contribution in [0, 0.1) is 0 Å². The lowest BCUT2D eigenvalue weighted by Crippen LogP contribution is -2.37. The molecule has 3 unspecified atom stereocenters. The Labute approximate surface area is 177 Å². The van der Waals surface area contributed by atoms with Gasteiger partial charge in [-0.15, -0.1) is 0 Å². The van der Waals surface area contributed by atoms with E-state index in [1.165, 1.54) is 6.92 Å².